The Labute approximate surface area is 209 Å². The zero-order valence-corrected chi connectivity index (χ0v) is 20.8. The van der Waals surface area contributed by atoms with E-state index in [9.17, 15) is 4.79 Å². The molecular weight excluding hydrogens is 456 g/mol. The van der Waals surface area contributed by atoms with E-state index in [1.54, 1.807) is 23.1 Å². The fourth-order valence-corrected chi connectivity index (χ4v) is 4.92. The molecule has 1 saturated heterocycles. The van der Waals surface area contributed by atoms with Crippen molar-refractivity contribution in [1.82, 2.24) is 34.3 Å². The molecule has 0 bridgehead atoms. The van der Waals surface area contributed by atoms with Crippen LogP contribution in [-0.4, -0.2) is 65.9 Å². The van der Waals surface area contributed by atoms with Gasteiger partial charge in [0.15, 0.2) is 11.6 Å². The van der Waals surface area contributed by atoms with E-state index in [1.807, 2.05) is 43.0 Å². The Morgan fingerprint density at radius 1 is 1.22 bits per heavy atom. The summed E-state index contributed by atoms with van der Waals surface area (Å²) in [4.78, 5) is 24.0. The SMILES string of the molecule is CCN1CC[C@@H]1COc1cnn(C)c1-c1ccn2nc(NC(=O)[C@@H]3C[C@@H]3c3ncc(C)cn3)cc2c1. The fraction of sp³-hybridized carbons (Fsp3) is 0.423. The maximum atomic E-state index is 12.8. The molecule has 2 aliphatic rings. The minimum Gasteiger partial charge on any atom is -0.488 e. The quantitative estimate of drug-likeness (QED) is 0.408. The van der Waals surface area contributed by atoms with E-state index in [0.29, 0.717) is 18.5 Å². The van der Waals surface area contributed by atoms with Crippen LogP contribution in [0.3, 0.4) is 0 Å². The average molecular weight is 487 g/mol. The maximum absolute atomic E-state index is 12.8. The molecule has 4 aromatic heterocycles. The number of likely N-dealkylation sites (N-methyl/N-ethyl adjacent to an activating group) is 1. The number of nitrogens with zero attached hydrogens (tertiary/aromatic N) is 7. The van der Waals surface area contributed by atoms with Gasteiger partial charge in [0.25, 0.3) is 0 Å². The molecule has 1 N–H and O–H groups in total. The molecule has 10 nitrogen and oxygen atoms in total. The lowest BCUT2D eigenvalue weighted by Crippen LogP contribution is -2.50. The van der Waals surface area contributed by atoms with E-state index in [2.05, 4.69) is 37.3 Å². The second-order valence-corrected chi connectivity index (χ2v) is 9.73. The summed E-state index contributed by atoms with van der Waals surface area (Å²) in [7, 11) is 1.92. The van der Waals surface area contributed by atoms with Crippen LogP contribution in [0.25, 0.3) is 16.8 Å². The normalized spacial score (nSPS) is 21.4. The molecular formula is C26H30N8O2. The molecule has 186 valence electrons. The van der Waals surface area contributed by atoms with Crippen molar-refractivity contribution in [3.63, 3.8) is 0 Å². The van der Waals surface area contributed by atoms with E-state index in [1.165, 1.54) is 6.42 Å². The lowest BCUT2D eigenvalue weighted by Gasteiger charge is -2.39. The number of hydrogen-bond donors (Lipinski definition) is 1. The highest BCUT2D eigenvalue weighted by molar-refractivity contribution is 5.95. The van der Waals surface area contributed by atoms with Crippen molar-refractivity contribution in [2.75, 3.05) is 25.0 Å². The summed E-state index contributed by atoms with van der Waals surface area (Å²) in [5.41, 5.74) is 3.79. The zero-order chi connectivity index (χ0) is 24.8. The molecule has 1 aliphatic heterocycles. The summed E-state index contributed by atoms with van der Waals surface area (Å²) in [6.07, 6.45) is 9.18. The standard InChI is InChI=1S/C26H30N8O2/c1-4-33-7-6-18(33)15-36-22-14-29-32(3)24(22)17-5-8-34-19(9-17)10-23(31-34)30-26(35)21-11-20(21)25-27-12-16(2)13-28-25/h5,8-10,12-14,18,20-21H,4,6-7,11,15H2,1-3H3,(H,30,31,35)/t18-,20+,21-/m1/s1. The number of likely N-dealkylation sites (tertiary alicyclic amines) is 1. The van der Waals surface area contributed by atoms with Crippen LogP contribution in [0, 0.1) is 12.8 Å². The summed E-state index contributed by atoms with van der Waals surface area (Å²) in [6, 6.07) is 6.37. The molecule has 1 aliphatic carbocycles. The molecule has 6 rings (SSSR count). The summed E-state index contributed by atoms with van der Waals surface area (Å²) < 4.78 is 9.78. The summed E-state index contributed by atoms with van der Waals surface area (Å²) in [5.74, 6) is 1.93. The number of carbonyl (C=O) groups is 1. The lowest BCUT2D eigenvalue weighted by molar-refractivity contribution is -0.117. The van der Waals surface area contributed by atoms with Crippen molar-refractivity contribution in [2.45, 2.75) is 38.6 Å². The summed E-state index contributed by atoms with van der Waals surface area (Å²) in [6.45, 7) is 6.98. The number of aromatic nitrogens is 6. The fourth-order valence-electron chi connectivity index (χ4n) is 4.92. The van der Waals surface area contributed by atoms with Gasteiger partial charge in [-0.3, -0.25) is 14.4 Å². The van der Waals surface area contributed by atoms with Crippen LogP contribution in [-0.2, 0) is 11.8 Å². The molecule has 0 radical (unpaired) electrons. The van der Waals surface area contributed by atoms with Gasteiger partial charge in [-0.25, -0.2) is 14.5 Å². The van der Waals surface area contributed by atoms with Crippen molar-refractivity contribution in [1.29, 1.82) is 0 Å². The average Bonchev–Trinajstić information content (AvgIpc) is 3.43. The minimum atomic E-state index is -0.124. The van der Waals surface area contributed by atoms with Crippen molar-refractivity contribution in [3.8, 4) is 17.0 Å². The third kappa shape index (κ3) is 4.21. The van der Waals surface area contributed by atoms with E-state index in [4.69, 9.17) is 4.74 Å². The van der Waals surface area contributed by atoms with Crippen LogP contribution >= 0.6 is 0 Å². The van der Waals surface area contributed by atoms with Gasteiger partial charge in [0, 0.05) is 61.7 Å². The molecule has 36 heavy (non-hydrogen) atoms. The van der Waals surface area contributed by atoms with Gasteiger partial charge in [0.05, 0.1) is 11.7 Å². The molecule has 2 fully saturated rings. The number of nitrogens with one attached hydrogen (secondary N) is 1. The maximum Gasteiger partial charge on any atom is 0.229 e. The molecule has 4 aromatic rings. The van der Waals surface area contributed by atoms with Crippen molar-refractivity contribution in [3.05, 3.63) is 54.4 Å². The van der Waals surface area contributed by atoms with Crippen molar-refractivity contribution in [2.24, 2.45) is 13.0 Å². The molecule has 0 unspecified atom stereocenters. The summed E-state index contributed by atoms with van der Waals surface area (Å²) in [5, 5.41) is 11.9. The first kappa shape index (κ1) is 22.7. The van der Waals surface area contributed by atoms with E-state index in [0.717, 1.165) is 53.4 Å². The Morgan fingerprint density at radius 2 is 2.06 bits per heavy atom. The molecule has 1 saturated carbocycles. The smallest absolute Gasteiger partial charge is 0.229 e. The molecule has 5 heterocycles. The number of aryl methyl sites for hydroxylation is 2. The Bertz CT molecular complexity index is 1410. The van der Waals surface area contributed by atoms with Crippen molar-refractivity contribution < 1.29 is 9.53 Å². The first-order valence-corrected chi connectivity index (χ1v) is 12.5. The number of rotatable bonds is 8. The predicted octanol–water partition coefficient (Wildman–Crippen LogP) is 3.05. The number of fused-ring (bicyclic) bond motifs is 1. The van der Waals surface area contributed by atoms with E-state index < -0.39 is 0 Å². The second-order valence-electron chi connectivity index (χ2n) is 9.73. The number of carbonyl (C=O) groups excluding carboxylic acids is 1. The van der Waals surface area contributed by atoms with Gasteiger partial charge in [-0.1, -0.05) is 6.92 Å². The first-order valence-electron chi connectivity index (χ1n) is 12.5. The molecule has 0 aromatic carbocycles. The predicted molar refractivity (Wildman–Crippen MR) is 135 cm³/mol. The largest absolute Gasteiger partial charge is 0.488 e. The zero-order valence-electron chi connectivity index (χ0n) is 20.8. The number of amides is 1. The lowest BCUT2D eigenvalue weighted by atomic mass is 10.0. The van der Waals surface area contributed by atoms with Crippen LogP contribution in [0.4, 0.5) is 5.82 Å². The third-order valence-electron chi connectivity index (χ3n) is 7.26. The van der Waals surface area contributed by atoms with Gasteiger partial charge in [0.2, 0.25) is 5.91 Å². The van der Waals surface area contributed by atoms with Crippen LogP contribution < -0.4 is 10.1 Å². The van der Waals surface area contributed by atoms with Crippen LogP contribution in [0.15, 0.2) is 43.0 Å². The van der Waals surface area contributed by atoms with Gasteiger partial charge in [0.1, 0.15) is 18.1 Å². The van der Waals surface area contributed by atoms with Gasteiger partial charge >= 0.3 is 0 Å². The minimum absolute atomic E-state index is 0.0488. The Morgan fingerprint density at radius 3 is 2.81 bits per heavy atom. The number of pyridine rings is 1. The van der Waals surface area contributed by atoms with Gasteiger partial charge in [-0.2, -0.15) is 10.2 Å². The van der Waals surface area contributed by atoms with Crippen LogP contribution in [0.2, 0.25) is 0 Å². The number of ether oxygens (including phenoxy) is 1. The second kappa shape index (κ2) is 9.02. The highest BCUT2D eigenvalue weighted by Gasteiger charge is 2.46. The van der Waals surface area contributed by atoms with Gasteiger partial charge < -0.3 is 10.1 Å². The highest BCUT2D eigenvalue weighted by atomic mass is 16.5. The molecule has 10 heteroatoms. The highest BCUT2D eigenvalue weighted by Crippen LogP contribution is 2.46. The van der Waals surface area contributed by atoms with E-state index >= 15 is 0 Å². The Balaban J connectivity index is 1.15. The number of hydrogen-bond acceptors (Lipinski definition) is 7. The van der Waals surface area contributed by atoms with E-state index in [-0.39, 0.29) is 17.7 Å². The van der Waals surface area contributed by atoms with Crippen LogP contribution in [0.1, 0.15) is 37.1 Å². The molecule has 0 spiro atoms. The van der Waals surface area contributed by atoms with Gasteiger partial charge in [-0.15, -0.1) is 0 Å². The van der Waals surface area contributed by atoms with Crippen molar-refractivity contribution >= 4 is 17.2 Å². The Kier molecular flexibility index (Phi) is 5.67. The summed E-state index contributed by atoms with van der Waals surface area (Å²) >= 11 is 0. The monoisotopic (exact) mass is 486 g/mol. The number of anilines is 1. The van der Waals surface area contributed by atoms with Crippen LogP contribution in [0.5, 0.6) is 5.75 Å². The molecule has 3 atom stereocenters. The Hall–Kier alpha value is -3.79. The first-order chi connectivity index (χ1) is 17.5. The molecule has 1 amide bonds. The topological polar surface area (TPSA) is 102 Å². The third-order valence-corrected chi connectivity index (χ3v) is 7.26. The van der Waals surface area contributed by atoms with Gasteiger partial charge in [-0.05, 0) is 44.0 Å².